The SMILES string of the molecule is COC(=O)Cc1cccc(COc2cccc([C@@H](NC(=O)O[C@H]3CN4CCC3CC4)c3ccccc3)c2)c1. The second-order valence-corrected chi connectivity index (χ2v) is 10.0. The van der Waals surface area contributed by atoms with Crippen molar-refractivity contribution < 1.29 is 23.8 Å². The Balaban J connectivity index is 1.28. The maximum Gasteiger partial charge on any atom is 0.408 e. The van der Waals surface area contributed by atoms with Gasteiger partial charge >= 0.3 is 12.1 Å². The third kappa shape index (κ3) is 6.53. The Labute approximate surface area is 223 Å². The van der Waals surface area contributed by atoms with Crippen LogP contribution in [0.5, 0.6) is 5.75 Å². The third-order valence-corrected chi connectivity index (χ3v) is 7.41. The van der Waals surface area contributed by atoms with Gasteiger partial charge in [0.1, 0.15) is 18.5 Å². The van der Waals surface area contributed by atoms with Gasteiger partial charge in [0.05, 0.1) is 19.6 Å². The van der Waals surface area contributed by atoms with Crippen LogP contribution in [0.25, 0.3) is 0 Å². The molecule has 2 bridgehead atoms. The van der Waals surface area contributed by atoms with Gasteiger partial charge in [-0.3, -0.25) is 9.69 Å². The van der Waals surface area contributed by atoms with Crippen molar-refractivity contribution in [1.82, 2.24) is 10.2 Å². The summed E-state index contributed by atoms with van der Waals surface area (Å²) in [6.45, 7) is 3.37. The molecular weight excluding hydrogens is 480 g/mol. The average molecular weight is 515 g/mol. The number of rotatable bonds is 9. The molecular formula is C31H34N2O5. The van der Waals surface area contributed by atoms with Crippen LogP contribution in [-0.4, -0.2) is 49.8 Å². The Bertz CT molecular complexity index is 1240. The summed E-state index contributed by atoms with van der Waals surface area (Å²) in [7, 11) is 1.39. The van der Waals surface area contributed by atoms with Gasteiger partial charge in [0.2, 0.25) is 0 Å². The zero-order valence-electron chi connectivity index (χ0n) is 21.7. The Morgan fingerprint density at radius 3 is 2.39 bits per heavy atom. The van der Waals surface area contributed by atoms with E-state index in [1.54, 1.807) is 0 Å². The summed E-state index contributed by atoms with van der Waals surface area (Å²) in [6, 6.07) is 25.0. The van der Waals surface area contributed by atoms with Crippen molar-refractivity contribution in [1.29, 1.82) is 0 Å². The zero-order chi connectivity index (χ0) is 26.3. The molecule has 0 aromatic heterocycles. The highest BCUT2D eigenvalue weighted by Crippen LogP contribution is 2.30. The Kier molecular flexibility index (Phi) is 8.24. The first-order chi connectivity index (χ1) is 18.6. The number of amides is 1. The minimum atomic E-state index is -0.397. The van der Waals surface area contributed by atoms with Crippen molar-refractivity contribution in [3.63, 3.8) is 0 Å². The number of hydrogen-bond donors (Lipinski definition) is 1. The summed E-state index contributed by atoms with van der Waals surface area (Å²) >= 11 is 0. The van der Waals surface area contributed by atoms with Gasteiger partial charge in [-0.15, -0.1) is 0 Å². The fourth-order valence-corrected chi connectivity index (χ4v) is 5.36. The van der Waals surface area contributed by atoms with Gasteiger partial charge in [-0.2, -0.15) is 0 Å². The summed E-state index contributed by atoms with van der Waals surface area (Å²) in [4.78, 5) is 27.0. The number of esters is 1. The lowest BCUT2D eigenvalue weighted by atomic mass is 9.86. The average Bonchev–Trinajstić information content (AvgIpc) is 2.96. The molecule has 38 heavy (non-hydrogen) atoms. The van der Waals surface area contributed by atoms with Crippen LogP contribution >= 0.6 is 0 Å². The molecule has 3 aliphatic heterocycles. The molecule has 2 atom stereocenters. The number of carbonyl (C=O) groups excluding carboxylic acids is 2. The van der Waals surface area contributed by atoms with Crippen LogP contribution in [0.15, 0.2) is 78.9 Å². The quantitative estimate of drug-likeness (QED) is 0.410. The third-order valence-electron chi connectivity index (χ3n) is 7.41. The lowest BCUT2D eigenvalue weighted by Gasteiger charge is -2.43. The molecule has 3 saturated heterocycles. The molecule has 0 unspecified atom stereocenters. The van der Waals surface area contributed by atoms with Crippen LogP contribution in [0.1, 0.15) is 41.1 Å². The predicted molar refractivity (Wildman–Crippen MR) is 144 cm³/mol. The molecule has 0 aliphatic carbocycles. The maximum absolute atomic E-state index is 13.1. The number of hydrogen-bond acceptors (Lipinski definition) is 6. The van der Waals surface area contributed by atoms with Gasteiger partial charge in [-0.25, -0.2) is 4.79 Å². The molecule has 3 heterocycles. The van der Waals surface area contributed by atoms with Crippen molar-refractivity contribution in [3.8, 4) is 5.75 Å². The number of benzene rings is 3. The normalized spacial score (nSPS) is 20.8. The minimum Gasteiger partial charge on any atom is -0.489 e. The van der Waals surface area contributed by atoms with E-state index >= 15 is 0 Å². The van der Waals surface area contributed by atoms with Gasteiger partial charge in [-0.1, -0.05) is 66.7 Å². The molecule has 3 fully saturated rings. The molecule has 198 valence electrons. The largest absolute Gasteiger partial charge is 0.489 e. The highest BCUT2D eigenvalue weighted by atomic mass is 16.6. The second kappa shape index (κ2) is 12.1. The minimum absolute atomic E-state index is 0.0569. The highest BCUT2D eigenvalue weighted by molar-refractivity contribution is 5.72. The van der Waals surface area contributed by atoms with E-state index in [2.05, 4.69) is 10.2 Å². The number of ether oxygens (including phenoxy) is 3. The molecule has 0 radical (unpaired) electrons. The first-order valence-electron chi connectivity index (χ1n) is 13.2. The fraction of sp³-hybridized carbons (Fsp3) is 0.355. The summed E-state index contributed by atoms with van der Waals surface area (Å²) in [5.74, 6) is 0.861. The van der Waals surface area contributed by atoms with Crippen molar-refractivity contribution >= 4 is 12.1 Å². The number of fused-ring (bicyclic) bond motifs is 3. The summed E-state index contributed by atoms with van der Waals surface area (Å²) in [5, 5.41) is 3.11. The molecule has 1 amide bonds. The van der Waals surface area contributed by atoms with Gasteiger partial charge in [0.15, 0.2) is 0 Å². The van der Waals surface area contributed by atoms with Crippen molar-refractivity contribution in [2.24, 2.45) is 5.92 Å². The van der Waals surface area contributed by atoms with Gasteiger partial charge in [0.25, 0.3) is 0 Å². The van der Waals surface area contributed by atoms with Gasteiger partial charge < -0.3 is 19.5 Å². The molecule has 3 aromatic carbocycles. The number of methoxy groups -OCH3 is 1. The molecule has 7 nitrogen and oxygen atoms in total. The van der Waals surface area contributed by atoms with Crippen LogP contribution in [-0.2, 0) is 27.3 Å². The van der Waals surface area contributed by atoms with E-state index in [1.807, 2.05) is 78.9 Å². The van der Waals surface area contributed by atoms with E-state index in [0.29, 0.717) is 18.3 Å². The van der Waals surface area contributed by atoms with E-state index in [-0.39, 0.29) is 24.5 Å². The Hall–Kier alpha value is -3.84. The predicted octanol–water partition coefficient (Wildman–Crippen LogP) is 4.89. The van der Waals surface area contributed by atoms with Crippen molar-refractivity contribution in [2.75, 3.05) is 26.7 Å². The Morgan fingerprint density at radius 2 is 1.66 bits per heavy atom. The van der Waals surface area contributed by atoms with Crippen LogP contribution in [0.2, 0.25) is 0 Å². The van der Waals surface area contributed by atoms with E-state index in [0.717, 1.165) is 54.7 Å². The van der Waals surface area contributed by atoms with Crippen LogP contribution < -0.4 is 10.1 Å². The summed E-state index contributed by atoms with van der Waals surface area (Å²) in [6.07, 6.45) is 1.95. The molecule has 0 saturated carbocycles. The molecule has 7 heteroatoms. The summed E-state index contributed by atoms with van der Waals surface area (Å²) < 4.78 is 16.8. The van der Waals surface area contributed by atoms with E-state index < -0.39 is 6.09 Å². The van der Waals surface area contributed by atoms with E-state index in [1.165, 1.54) is 7.11 Å². The van der Waals surface area contributed by atoms with E-state index in [9.17, 15) is 9.59 Å². The lowest BCUT2D eigenvalue weighted by molar-refractivity contribution is -0.139. The fourth-order valence-electron chi connectivity index (χ4n) is 5.36. The van der Waals surface area contributed by atoms with Crippen LogP contribution in [0, 0.1) is 5.92 Å². The van der Waals surface area contributed by atoms with Crippen molar-refractivity contribution in [3.05, 3.63) is 101 Å². The number of nitrogens with one attached hydrogen (secondary N) is 1. The monoisotopic (exact) mass is 514 g/mol. The molecule has 3 aromatic rings. The lowest BCUT2D eigenvalue weighted by Crippen LogP contribution is -2.52. The number of piperidine rings is 3. The first-order valence-corrected chi connectivity index (χ1v) is 13.2. The van der Waals surface area contributed by atoms with Gasteiger partial charge in [-0.05, 0) is 66.2 Å². The number of alkyl carbamates (subject to hydrolysis) is 1. The van der Waals surface area contributed by atoms with Crippen molar-refractivity contribution in [2.45, 2.75) is 38.0 Å². The molecule has 3 aliphatic rings. The smallest absolute Gasteiger partial charge is 0.408 e. The van der Waals surface area contributed by atoms with E-state index in [4.69, 9.17) is 14.2 Å². The zero-order valence-corrected chi connectivity index (χ0v) is 21.7. The van der Waals surface area contributed by atoms with Gasteiger partial charge in [0, 0.05) is 6.54 Å². The van der Waals surface area contributed by atoms with Crippen LogP contribution in [0.4, 0.5) is 4.79 Å². The molecule has 6 rings (SSSR count). The molecule has 0 spiro atoms. The Morgan fingerprint density at radius 1 is 0.921 bits per heavy atom. The topological polar surface area (TPSA) is 77.1 Å². The first kappa shape index (κ1) is 25.8. The number of nitrogens with zero attached hydrogens (tertiary/aromatic N) is 1. The number of carbonyl (C=O) groups is 2. The standard InChI is InChI=1S/C31H34N2O5/c1-36-29(34)18-22-7-5-8-23(17-22)21-37-27-12-6-11-26(19-27)30(25-9-3-2-4-10-25)32-31(35)38-28-20-33-15-13-24(28)14-16-33/h2-12,17,19,24,28,30H,13-16,18,20-21H2,1H3,(H,32,35)/t28-,30-/m0/s1. The van der Waals surface area contributed by atoms with Crippen LogP contribution in [0.3, 0.4) is 0 Å². The summed E-state index contributed by atoms with van der Waals surface area (Å²) in [5.41, 5.74) is 3.70. The maximum atomic E-state index is 13.1. The molecule has 1 N–H and O–H groups in total. The second-order valence-electron chi connectivity index (χ2n) is 10.0. The highest BCUT2D eigenvalue weighted by Gasteiger charge is 2.36.